The minimum Gasteiger partial charge on any atom is -0.445 e. The number of halogens is 1. The number of benzene rings is 1. The zero-order chi connectivity index (χ0) is 22.7. The SMILES string of the molecule is CC(C)(C)c1cnc([C@@H]2CC[C@H](c3cc(Nc4ccc5c(c4F)CNS5(=O)=O)n[nH]3)C2)o1. The Labute approximate surface area is 186 Å². The maximum atomic E-state index is 14.8. The molecule has 10 heteroatoms. The lowest BCUT2D eigenvalue weighted by molar-refractivity contribution is 0.363. The van der Waals surface area contributed by atoms with Crippen LogP contribution in [-0.2, 0) is 22.0 Å². The van der Waals surface area contributed by atoms with E-state index < -0.39 is 15.8 Å². The van der Waals surface area contributed by atoms with Crippen LogP contribution in [0.15, 0.2) is 33.7 Å². The molecule has 2 atom stereocenters. The fourth-order valence-corrected chi connectivity index (χ4v) is 5.64. The molecule has 1 aliphatic carbocycles. The smallest absolute Gasteiger partial charge is 0.241 e. The number of hydrogen-bond donors (Lipinski definition) is 3. The Kier molecular flexibility index (Phi) is 4.90. The number of rotatable bonds is 4. The third kappa shape index (κ3) is 3.71. The molecule has 0 amide bonds. The first-order chi connectivity index (χ1) is 15.1. The predicted octanol–water partition coefficient (Wildman–Crippen LogP) is 4.42. The molecular formula is C22H26FN5O3S. The van der Waals surface area contributed by atoms with Gasteiger partial charge in [0.05, 0.1) is 16.8 Å². The van der Waals surface area contributed by atoms with Gasteiger partial charge in [-0.2, -0.15) is 5.10 Å². The van der Waals surface area contributed by atoms with Gasteiger partial charge in [-0.1, -0.05) is 20.8 Å². The van der Waals surface area contributed by atoms with Gasteiger partial charge >= 0.3 is 0 Å². The summed E-state index contributed by atoms with van der Waals surface area (Å²) in [6, 6.07) is 4.71. The Morgan fingerprint density at radius 1 is 1.22 bits per heavy atom. The van der Waals surface area contributed by atoms with Gasteiger partial charge in [0.1, 0.15) is 5.76 Å². The summed E-state index contributed by atoms with van der Waals surface area (Å²) in [5.74, 6) is 2.14. The van der Waals surface area contributed by atoms with E-state index >= 15 is 0 Å². The molecule has 0 saturated heterocycles. The van der Waals surface area contributed by atoms with Crippen LogP contribution in [0.25, 0.3) is 0 Å². The average Bonchev–Trinajstić information content (AvgIpc) is 3.49. The van der Waals surface area contributed by atoms with Crippen LogP contribution in [0, 0.1) is 5.82 Å². The van der Waals surface area contributed by atoms with Crippen LogP contribution >= 0.6 is 0 Å². The number of oxazole rings is 1. The third-order valence-corrected chi connectivity index (χ3v) is 7.76. The van der Waals surface area contributed by atoms with Crippen molar-refractivity contribution in [3.63, 3.8) is 0 Å². The van der Waals surface area contributed by atoms with Crippen molar-refractivity contribution in [1.82, 2.24) is 19.9 Å². The number of anilines is 2. The van der Waals surface area contributed by atoms with Crippen molar-refractivity contribution in [2.75, 3.05) is 5.32 Å². The summed E-state index contributed by atoms with van der Waals surface area (Å²) in [6.07, 6.45) is 4.70. The predicted molar refractivity (Wildman–Crippen MR) is 117 cm³/mol. The van der Waals surface area contributed by atoms with Crippen LogP contribution in [-0.4, -0.2) is 23.6 Å². The molecule has 1 aromatic carbocycles. The summed E-state index contributed by atoms with van der Waals surface area (Å²) < 4.78 is 46.9. The van der Waals surface area contributed by atoms with Gasteiger partial charge in [-0.25, -0.2) is 22.5 Å². The molecule has 8 nitrogen and oxygen atoms in total. The molecule has 170 valence electrons. The molecule has 1 saturated carbocycles. The number of H-pyrrole nitrogens is 1. The van der Waals surface area contributed by atoms with E-state index in [0.29, 0.717) is 5.82 Å². The molecule has 0 unspecified atom stereocenters. The van der Waals surface area contributed by atoms with Crippen LogP contribution in [0.2, 0.25) is 0 Å². The Morgan fingerprint density at radius 2 is 2.00 bits per heavy atom. The average molecular weight is 460 g/mol. The Hall–Kier alpha value is -2.72. The van der Waals surface area contributed by atoms with Crippen molar-refractivity contribution in [1.29, 1.82) is 0 Å². The quantitative estimate of drug-likeness (QED) is 0.532. The van der Waals surface area contributed by atoms with Gasteiger partial charge in [-0.3, -0.25) is 5.10 Å². The van der Waals surface area contributed by atoms with E-state index in [4.69, 9.17) is 4.42 Å². The fourth-order valence-electron chi connectivity index (χ4n) is 4.42. The second kappa shape index (κ2) is 7.41. The van der Waals surface area contributed by atoms with Crippen molar-refractivity contribution >= 4 is 21.5 Å². The number of nitrogens with one attached hydrogen (secondary N) is 3. The van der Waals surface area contributed by atoms with Gasteiger partial charge in [0.25, 0.3) is 0 Å². The van der Waals surface area contributed by atoms with E-state index in [1.165, 1.54) is 12.1 Å². The summed E-state index contributed by atoms with van der Waals surface area (Å²) in [4.78, 5) is 4.50. The van der Waals surface area contributed by atoms with Crippen LogP contribution in [0.3, 0.4) is 0 Å². The molecule has 0 spiro atoms. The zero-order valence-electron chi connectivity index (χ0n) is 18.2. The van der Waals surface area contributed by atoms with E-state index in [1.54, 1.807) is 0 Å². The minimum absolute atomic E-state index is 0.0126. The molecule has 3 aromatic rings. The highest BCUT2D eigenvalue weighted by molar-refractivity contribution is 7.89. The summed E-state index contributed by atoms with van der Waals surface area (Å²) in [7, 11) is -3.61. The van der Waals surface area contributed by atoms with Crippen molar-refractivity contribution in [3.8, 4) is 0 Å². The zero-order valence-corrected chi connectivity index (χ0v) is 19.0. The monoisotopic (exact) mass is 459 g/mol. The van der Waals surface area contributed by atoms with Gasteiger partial charge < -0.3 is 9.73 Å². The van der Waals surface area contributed by atoms with Crippen LogP contribution < -0.4 is 10.0 Å². The number of aromatic nitrogens is 3. The highest BCUT2D eigenvalue weighted by atomic mass is 32.2. The second-order valence-corrected chi connectivity index (χ2v) is 11.3. The van der Waals surface area contributed by atoms with Crippen LogP contribution in [0.5, 0.6) is 0 Å². The molecule has 0 bridgehead atoms. The van der Waals surface area contributed by atoms with Gasteiger partial charge in [-0.15, -0.1) is 0 Å². The van der Waals surface area contributed by atoms with Crippen molar-refractivity contribution < 1.29 is 17.2 Å². The van der Waals surface area contributed by atoms with Crippen molar-refractivity contribution in [3.05, 3.63) is 53.1 Å². The topological polar surface area (TPSA) is 113 Å². The number of fused-ring (bicyclic) bond motifs is 1. The first-order valence-electron chi connectivity index (χ1n) is 10.7. The van der Waals surface area contributed by atoms with Gasteiger partial charge in [0.15, 0.2) is 17.5 Å². The van der Waals surface area contributed by atoms with Crippen LogP contribution in [0.1, 0.15) is 74.8 Å². The molecular weight excluding hydrogens is 433 g/mol. The normalized spacial score (nSPS) is 22.2. The van der Waals surface area contributed by atoms with E-state index in [2.05, 4.69) is 46.0 Å². The van der Waals surface area contributed by atoms with E-state index in [9.17, 15) is 12.8 Å². The lowest BCUT2D eigenvalue weighted by Crippen LogP contribution is -2.13. The molecule has 2 aliphatic rings. The van der Waals surface area contributed by atoms with Gasteiger partial charge in [0.2, 0.25) is 10.0 Å². The largest absolute Gasteiger partial charge is 0.445 e. The first-order valence-corrected chi connectivity index (χ1v) is 12.2. The molecule has 3 N–H and O–H groups in total. The molecule has 2 aromatic heterocycles. The Bertz CT molecular complexity index is 1270. The number of sulfonamides is 1. The van der Waals surface area contributed by atoms with Gasteiger partial charge in [-0.05, 0) is 31.4 Å². The van der Waals surface area contributed by atoms with E-state index in [1.807, 2.05) is 12.3 Å². The van der Waals surface area contributed by atoms with E-state index in [0.717, 1.165) is 36.6 Å². The summed E-state index contributed by atoms with van der Waals surface area (Å²) in [5.41, 5.74) is 1.24. The highest BCUT2D eigenvalue weighted by Gasteiger charge is 2.33. The number of hydrogen-bond acceptors (Lipinski definition) is 6. The summed E-state index contributed by atoms with van der Waals surface area (Å²) >= 11 is 0. The second-order valence-electron chi connectivity index (χ2n) is 9.58. The molecule has 0 radical (unpaired) electrons. The standard InChI is InChI=1S/C22H26FN5O3S/c1-22(2,3)18-11-24-21(31-18)13-5-4-12(8-13)16-9-19(28-27-16)26-15-6-7-17-14(20(15)23)10-25-32(17,29)30/h6-7,9,11-13,25H,4-5,8,10H2,1-3H3,(H2,26,27,28)/t12-,13+/m0/s1. The number of aromatic amines is 1. The fraction of sp³-hybridized carbons (Fsp3) is 0.455. The summed E-state index contributed by atoms with van der Waals surface area (Å²) in [6.45, 7) is 6.26. The van der Waals surface area contributed by atoms with Crippen LogP contribution in [0.4, 0.5) is 15.9 Å². The van der Waals surface area contributed by atoms with Crippen molar-refractivity contribution in [2.24, 2.45) is 0 Å². The lowest BCUT2D eigenvalue weighted by atomic mass is 9.94. The minimum atomic E-state index is -3.61. The Balaban J connectivity index is 1.29. The summed E-state index contributed by atoms with van der Waals surface area (Å²) in [5, 5.41) is 10.3. The first kappa shape index (κ1) is 21.1. The molecule has 5 rings (SSSR count). The van der Waals surface area contributed by atoms with Crippen molar-refractivity contribution in [2.45, 2.75) is 68.7 Å². The maximum Gasteiger partial charge on any atom is 0.241 e. The maximum absolute atomic E-state index is 14.8. The molecule has 32 heavy (non-hydrogen) atoms. The molecule has 1 aliphatic heterocycles. The third-order valence-electron chi connectivity index (χ3n) is 6.27. The Morgan fingerprint density at radius 3 is 2.75 bits per heavy atom. The lowest BCUT2D eigenvalue weighted by Gasteiger charge is -2.13. The highest BCUT2D eigenvalue weighted by Crippen LogP contribution is 2.44. The molecule has 3 heterocycles. The molecule has 1 fully saturated rings. The van der Waals surface area contributed by atoms with E-state index in [-0.39, 0.29) is 39.9 Å². The van der Waals surface area contributed by atoms with Gasteiger partial charge in [0, 0.05) is 41.1 Å². The number of nitrogens with zero attached hydrogens (tertiary/aromatic N) is 2.